The zero-order chi connectivity index (χ0) is 11.5. The minimum atomic E-state index is -0.417. The Balaban J connectivity index is 2.20. The van der Waals surface area contributed by atoms with Gasteiger partial charge >= 0.3 is 0 Å². The van der Waals surface area contributed by atoms with Crippen molar-refractivity contribution in [3.8, 4) is 0 Å². The van der Waals surface area contributed by atoms with Crippen molar-refractivity contribution in [1.82, 2.24) is 9.88 Å². The fraction of sp³-hybridized carbons (Fsp3) is 0.400. The number of carbonyl (C=O) groups is 1. The van der Waals surface area contributed by atoms with Gasteiger partial charge in [-0.2, -0.15) is 0 Å². The van der Waals surface area contributed by atoms with E-state index in [1.54, 1.807) is 17.2 Å². The number of β-amino-alcohol motifs (C(OH)–C–C–N with tert-alkyl or cyclic N) is 1. The molecule has 1 fully saturated rings. The van der Waals surface area contributed by atoms with E-state index in [0.717, 1.165) is 0 Å². The fourth-order valence-electron chi connectivity index (χ4n) is 1.79. The molecule has 1 unspecified atom stereocenters. The van der Waals surface area contributed by atoms with E-state index in [1.807, 2.05) is 0 Å². The van der Waals surface area contributed by atoms with E-state index < -0.39 is 6.10 Å². The van der Waals surface area contributed by atoms with Crippen molar-refractivity contribution in [1.29, 1.82) is 0 Å². The van der Waals surface area contributed by atoms with Crippen LogP contribution in [-0.4, -0.2) is 40.1 Å². The standard InChI is InChI=1S/C10H14N4O2/c11-13-9-5-12-3-1-8(9)10(16)14-4-2-7(15)6-14/h1,3,5,7,13,15H,2,4,6,11H2. The molecule has 2 rings (SSSR count). The third-order valence-electron chi connectivity index (χ3n) is 2.66. The third kappa shape index (κ3) is 1.98. The molecule has 0 radical (unpaired) electrons. The molecule has 2 heterocycles. The molecule has 1 aliphatic heterocycles. The molecule has 1 atom stereocenters. The van der Waals surface area contributed by atoms with Gasteiger partial charge in [-0.25, -0.2) is 0 Å². The molecule has 16 heavy (non-hydrogen) atoms. The zero-order valence-corrected chi connectivity index (χ0v) is 8.76. The molecular formula is C10H14N4O2. The van der Waals surface area contributed by atoms with Crippen LogP contribution in [0.15, 0.2) is 18.5 Å². The quantitative estimate of drug-likeness (QED) is 0.466. The van der Waals surface area contributed by atoms with Gasteiger partial charge in [-0.05, 0) is 12.5 Å². The molecule has 1 aliphatic rings. The van der Waals surface area contributed by atoms with Crippen LogP contribution >= 0.6 is 0 Å². The summed E-state index contributed by atoms with van der Waals surface area (Å²) in [5.74, 6) is 5.17. The number of likely N-dealkylation sites (tertiary alicyclic amines) is 1. The maximum atomic E-state index is 12.1. The minimum absolute atomic E-state index is 0.132. The number of aliphatic hydroxyl groups is 1. The lowest BCUT2D eigenvalue weighted by Crippen LogP contribution is -2.30. The number of nitrogens with zero attached hydrogens (tertiary/aromatic N) is 2. The van der Waals surface area contributed by atoms with Crippen molar-refractivity contribution in [2.75, 3.05) is 18.5 Å². The molecule has 1 aromatic heterocycles. The SMILES string of the molecule is NNc1cnccc1C(=O)N1CCC(O)C1. The minimum Gasteiger partial charge on any atom is -0.391 e. The van der Waals surface area contributed by atoms with Gasteiger partial charge in [0.25, 0.3) is 5.91 Å². The highest BCUT2D eigenvalue weighted by Gasteiger charge is 2.26. The second-order valence-electron chi connectivity index (χ2n) is 3.76. The number of aliphatic hydroxyl groups excluding tert-OH is 1. The molecule has 0 saturated carbocycles. The molecule has 0 aliphatic carbocycles. The molecule has 86 valence electrons. The fourth-order valence-corrected chi connectivity index (χ4v) is 1.79. The van der Waals surface area contributed by atoms with Gasteiger partial charge in [-0.15, -0.1) is 0 Å². The van der Waals surface area contributed by atoms with Crippen molar-refractivity contribution >= 4 is 11.6 Å². The van der Waals surface area contributed by atoms with Crippen LogP contribution in [0.5, 0.6) is 0 Å². The second kappa shape index (κ2) is 4.46. The number of hydrogen-bond donors (Lipinski definition) is 3. The summed E-state index contributed by atoms with van der Waals surface area (Å²) in [4.78, 5) is 17.6. The van der Waals surface area contributed by atoms with Gasteiger partial charge < -0.3 is 15.4 Å². The average Bonchev–Trinajstić information content (AvgIpc) is 2.75. The van der Waals surface area contributed by atoms with Crippen LogP contribution in [-0.2, 0) is 0 Å². The Kier molecular flexibility index (Phi) is 3.02. The Morgan fingerprint density at radius 3 is 3.12 bits per heavy atom. The van der Waals surface area contributed by atoms with Crippen molar-refractivity contribution in [2.45, 2.75) is 12.5 Å². The first-order valence-electron chi connectivity index (χ1n) is 5.10. The first-order valence-corrected chi connectivity index (χ1v) is 5.10. The van der Waals surface area contributed by atoms with E-state index in [4.69, 9.17) is 5.84 Å². The van der Waals surface area contributed by atoms with Crippen molar-refractivity contribution in [2.24, 2.45) is 5.84 Å². The van der Waals surface area contributed by atoms with Gasteiger partial charge in [0.15, 0.2) is 0 Å². The summed E-state index contributed by atoms with van der Waals surface area (Å²) in [6, 6.07) is 1.61. The van der Waals surface area contributed by atoms with E-state index in [1.165, 1.54) is 6.20 Å². The lowest BCUT2D eigenvalue weighted by molar-refractivity contribution is 0.0766. The number of pyridine rings is 1. The molecule has 4 N–H and O–H groups in total. The number of nitrogens with one attached hydrogen (secondary N) is 1. The highest BCUT2D eigenvalue weighted by molar-refractivity contribution is 5.99. The largest absolute Gasteiger partial charge is 0.391 e. The lowest BCUT2D eigenvalue weighted by atomic mass is 10.2. The van der Waals surface area contributed by atoms with Crippen LogP contribution in [0.3, 0.4) is 0 Å². The molecule has 0 aromatic carbocycles. The maximum Gasteiger partial charge on any atom is 0.256 e. The summed E-state index contributed by atoms with van der Waals surface area (Å²) in [6.07, 6.45) is 3.25. The van der Waals surface area contributed by atoms with E-state index in [0.29, 0.717) is 30.8 Å². The van der Waals surface area contributed by atoms with E-state index in [2.05, 4.69) is 10.4 Å². The third-order valence-corrected chi connectivity index (χ3v) is 2.66. The van der Waals surface area contributed by atoms with Crippen molar-refractivity contribution in [3.63, 3.8) is 0 Å². The predicted molar refractivity (Wildman–Crippen MR) is 58.6 cm³/mol. The number of rotatable bonds is 2. The summed E-state index contributed by atoms with van der Waals surface area (Å²) in [6.45, 7) is 0.956. The van der Waals surface area contributed by atoms with Crippen LogP contribution in [0.25, 0.3) is 0 Å². The summed E-state index contributed by atoms with van der Waals surface area (Å²) >= 11 is 0. The monoisotopic (exact) mass is 222 g/mol. The molecule has 0 spiro atoms. The first-order chi connectivity index (χ1) is 7.72. The van der Waals surface area contributed by atoms with Crippen LogP contribution in [0.1, 0.15) is 16.8 Å². The van der Waals surface area contributed by atoms with Crippen molar-refractivity contribution in [3.05, 3.63) is 24.0 Å². The summed E-state index contributed by atoms with van der Waals surface area (Å²) in [5, 5.41) is 9.38. The Morgan fingerprint density at radius 1 is 1.69 bits per heavy atom. The smallest absolute Gasteiger partial charge is 0.256 e. The van der Waals surface area contributed by atoms with Crippen LogP contribution < -0.4 is 11.3 Å². The van der Waals surface area contributed by atoms with Crippen LogP contribution in [0.2, 0.25) is 0 Å². The van der Waals surface area contributed by atoms with Gasteiger partial charge in [0.1, 0.15) is 0 Å². The normalized spacial score (nSPS) is 19.9. The number of hydrazine groups is 1. The Labute approximate surface area is 93.0 Å². The van der Waals surface area contributed by atoms with E-state index >= 15 is 0 Å². The zero-order valence-electron chi connectivity index (χ0n) is 8.76. The number of nitrogens with two attached hydrogens (primary N) is 1. The van der Waals surface area contributed by atoms with Gasteiger partial charge in [-0.1, -0.05) is 0 Å². The number of anilines is 1. The van der Waals surface area contributed by atoms with Gasteiger partial charge in [0, 0.05) is 19.3 Å². The topological polar surface area (TPSA) is 91.5 Å². The van der Waals surface area contributed by atoms with E-state index in [9.17, 15) is 9.90 Å². The van der Waals surface area contributed by atoms with Gasteiger partial charge in [0.2, 0.25) is 0 Å². The second-order valence-corrected chi connectivity index (χ2v) is 3.76. The molecule has 1 amide bonds. The average molecular weight is 222 g/mol. The summed E-state index contributed by atoms with van der Waals surface area (Å²) < 4.78 is 0. The predicted octanol–water partition coefficient (Wildman–Crippen LogP) is -0.426. The number of hydrogen-bond acceptors (Lipinski definition) is 5. The maximum absolute atomic E-state index is 12.1. The highest BCUT2D eigenvalue weighted by Crippen LogP contribution is 2.18. The molecule has 1 saturated heterocycles. The summed E-state index contributed by atoms with van der Waals surface area (Å²) in [5.41, 5.74) is 3.41. The van der Waals surface area contributed by atoms with E-state index in [-0.39, 0.29) is 5.91 Å². The number of amides is 1. The number of carbonyl (C=O) groups excluding carboxylic acids is 1. The highest BCUT2D eigenvalue weighted by atomic mass is 16.3. The van der Waals surface area contributed by atoms with Crippen molar-refractivity contribution < 1.29 is 9.90 Å². The molecule has 6 heteroatoms. The summed E-state index contributed by atoms with van der Waals surface area (Å²) in [7, 11) is 0. The number of aromatic nitrogens is 1. The molecule has 6 nitrogen and oxygen atoms in total. The molecular weight excluding hydrogens is 208 g/mol. The van der Waals surface area contributed by atoms with Crippen LogP contribution in [0, 0.1) is 0 Å². The number of nitrogen functional groups attached to an aromatic ring is 1. The Morgan fingerprint density at radius 2 is 2.50 bits per heavy atom. The molecule has 1 aromatic rings. The van der Waals surface area contributed by atoms with Crippen LogP contribution in [0.4, 0.5) is 5.69 Å². The molecule has 0 bridgehead atoms. The van der Waals surface area contributed by atoms with Gasteiger partial charge in [0.05, 0.1) is 23.6 Å². The lowest BCUT2D eigenvalue weighted by Gasteiger charge is -2.17. The van der Waals surface area contributed by atoms with Gasteiger partial charge in [-0.3, -0.25) is 15.6 Å². The Hall–Kier alpha value is -1.66. The Bertz CT molecular complexity index is 396. The first kappa shape index (κ1) is 10.8.